The van der Waals surface area contributed by atoms with Gasteiger partial charge < -0.3 is 5.11 Å². The Kier molecular flexibility index (Phi) is 3.01. The molecule has 17 heavy (non-hydrogen) atoms. The molecule has 1 saturated carbocycles. The van der Waals surface area contributed by atoms with Crippen LogP contribution < -0.4 is 0 Å². The fraction of sp³-hybridized carbons (Fsp3) is 0.429. The van der Waals surface area contributed by atoms with Gasteiger partial charge in [0, 0.05) is 6.42 Å². The first-order chi connectivity index (χ1) is 8.03. The van der Waals surface area contributed by atoms with E-state index in [2.05, 4.69) is 0 Å². The zero-order chi connectivity index (χ0) is 12.5. The number of carboxylic acid groups (broad SMARTS) is 1. The first-order valence-electron chi connectivity index (χ1n) is 5.84. The van der Waals surface area contributed by atoms with Gasteiger partial charge in [0.2, 0.25) is 0 Å². The minimum absolute atomic E-state index is 0.133. The average Bonchev–Trinajstić information content (AvgIpc) is 2.33. The van der Waals surface area contributed by atoms with Crippen LogP contribution in [-0.2, 0) is 15.0 Å². The van der Waals surface area contributed by atoms with E-state index in [1.54, 1.807) is 0 Å². The van der Waals surface area contributed by atoms with Crippen molar-refractivity contribution in [3.8, 4) is 0 Å². The summed E-state index contributed by atoms with van der Waals surface area (Å²) in [6.45, 7) is 2.05. The Morgan fingerprint density at radius 1 is 1.35 bits per heavy atom. The maximum atomic E-state index is 11.6. The van der Waals surface area contributed by atoms with Gasteiger partial charge in [-0.15, -0.1) is 0 Å². The Bertz CT molecular complexity index is 438. The fourth-order valence-electron chi connectivity index (χ4n) is 2.57. The molecule has 3 nitrogen and oxygen atoms in total. The second-order valence-corrected chi connectivity index (χ2v) is 4.99. The van der Waals surface area contributed by atoms with Crippen molar-refractivity contribution in [3.05, 3.63) is 35.9 Å². The van der Waals surface area contributed by atoms with E-state index in [-0.39, 0.29) is 11.2 Å². The highest BCUT2D eigenvalue weighted by Crippen LogP contribution is 2.40. The van der Waals surface area contributed by atoms with E-state index < -0.39 is 11.9 Å². The molecule has 1 aliphatic rings. The summed E-state index contributed by atoms with van der Waals surface area (Å²) in [7, 11) is 0. The Balaban J connectivity index is 2.28. The summed E-state index contributed by atoms with van der Waals surface area (Å²) in [5, 5.41) is 9.07. The van der Waals surface area contributed by atoms with E-state index >= 15 is 0 Å². The van der Waals surface area contributed by atoms with Crippen LogP contribution in [0.15, 0.2) is 30.3 Å². The number of hydrogen-bond acceptors (Lipinski definition) is 2. The minimum Gasteiger partial charge on any atom is -0.481 e. The third kappa shape index (κ3) is 2.23. The molecule has 0 amide bonds. The van der Waals surface area contributed by atoms with Crippen molar-refractivity contribution in [1.29, 1.82) is 0 Å². The maximum absolute atomic E-state index is 11.6. The molecule has 0 spiro atoms. The average molecular weight is 232 g/mol. The molecule has 90 valence electrons. The number of ketones is 1. The predicted molar refractivity (Wildman–Crippen MR) is 63.8 cm³/mol. The highest BCUT2D eigenvalue weighted by molar-refractivity contribution is 5.99. The topological polar surface area (TPSA) is 54.4 Å². The Labute approximate surface area is 100 Å². The third-order valence-electron chi connectivity index (χ3n) is 3.74. The standard InChI is InChI=1S/C14H16O3/c1-14(10-5-3-2-4-6-10)8-7-12(15)11(9-14)13(16)17/h2-6,11H,7-9H2,1H3,(H,16,17). The molecule has 2 rings (SSSR count). The molecule has 0 aromatic heterocycles. The van der Waals surface area contributed by atoms with Crippen LogP contribution in [0.25, 0.3) is 0 Å². The van der Waals surface area contributed by atoms with E-state index in [0.717, 1.165) is 12.0 Å². The number of benzene rings is 1. The van der Waals surface area contributed by atoms with Crippen molar-refractivity contribution in [2.45, 2.75) is 31.6 Å². The molecule has 1 fully saturated rings. The molecule has 2 atom stereocenters. The van der Waals surface area contributed by atoms with E-state index in [1.807, 2.05) is 37.3 Å². The van der Waals surface area contributed by atoms with Crippen molar-refractivity contribution in [2.75, 3.05) is 0 Å². The second kappa shape index (κ2) is 4.32. The van der Waals surface area contributed by atoms with Crippen LogP contribution in [0, 0.1) is 5.92 Å². The zero-order valence-electron chi connectivity index (χ0n) is 9.85. The van der Waals surface area contributed by atoms with Crippen LogP contribution in [0.4, 0.5) is 0 Å². The SMILES string of the molecule is CC1(c2ccccc2)CCC(=O)C(C(=O)O)C1. The van der Waals surface area contributed by atoms with E-state index in [0.29, 0.717) is 12.8 Å². The van der Waals surface area contributed by atoms with Crippen LogP contribution >= 0.6 is 0 Å². The number of carbonyl (C=O) groups excluding carboxylic acids is 1. The molecule has 0 heterocycles. The normalized spacial score (nSPS) is 29.0. The van der Waals surface area contributed by atoms with Crippen molar-refractivity contribution in [3.63, 3.8) is 0 Å². The molecule has 0 aliphatic heterocycles. The lowest BCUT2D eigenvalue weighted by Crippen LogP contribution is -2.38. The summed E-state index contributed by atoms with van der Waals surface area (Å²) in [5.74, 6) is -1.96. The molecule has 0 saturated heterocycles. The van der Waals surface area contributed by atoms with Gasteiger partial charge in [0.05, 0.1) is 0 Å². The lowest BCUT2D eigenvalue weighted by atomic mass is 9.66. The molecule has 1 aliphatic carbocycles. The van der Waals surface area contributed by atoms with Gasteiger partial charge in [-0.3, -0.25) is 9.59 Å². The summed E-state index contributed by atoms with van der Waals surface area (Å²) in [6.07, 6.45) is 1.51. The number of hydrogen-bond donors (Lipinski definition) is 1. The number of carboxylic acids is 1. The predicted octanol–water partition coefficient (Wildman–Crippen LogP) is 2.40. The Hall–Kier alpha value is -1.64. The van der Waals surface area contributed by atoms with Crippen LogP contribution in [0.1, 0.15) is 31.7 Å². The summed E-state index contributed by atoms with van der Waals surface area (Å²) < 4.78 is 0. The fourth-order valence-corrected chi connectivity index (χ4v) is 2.57. The van der Waals surface area contributed by atoms with Gasteiger partial charge in [-0.05, 0) is 23.8 Å². The Morgan fingerprint density at radius 2 is 2.00 bits per heavy atom. The van der Waals surface area contributed by atoms with Crippen LogP contribution in [-0.4, -0.2) is 16.9 Å². The van der Waals surface area contributed by atoms with E-state index in [1.165, 1.54) is 0 Å². The van der Waals surface area contributed by atoms with Crippen LogP contribution in [0.3, 0.4) is 0 Å². The molecule has 3 heteroatoms. The molecular weight excluding hydrogens is 216 g/mol. The molecule has 0 bridgehead atoms. The lowest BCUT2D eigenvalue weighted by Gasteiger charge is -2.36. The highest BCUT2D eigenvalue weighted by atomic mass is 16.4. The van der Waals surface area contributed by atoms with Crippen molar-refractivity contribution < 1.29 is 14.7 Å². The van der Waals surface area contributed by atoms with E-state index in [9.17, 15) is 9.59 Å². The Morgan fingerprint density at radius 3 is 2.59 bits per heavy atom. The third-order valence-corrected chi connectivity index (χ3v) is 3.74. The maximum Gasteiger partial charge on any atom is 0.314 e. The number of Topliss-reactive ketones (excluding diaryl/α,β-unsaturated/α-hetero) is 1. The number of carbonyl (C=O) groups is 2. The van der Waals surface area contributed by atoms with Crippen molar-refractivity contribution in [2.24, 2.45) is 5.92 Å². The number of rotatable bonds is 2. The van der Waals surface area contributed by atoms with Crippen LogP contribution in [0.2, 0.25) is 0 Å². The summed E-state index contributed by atoms with van der Waals surface area (Å²) in [6, 6.07) is 9.86. The largest absolute Gasteiger partial charge is 0.481 e. The van der Waals surface area contributed by atoms with Crippen LogP contribution in [0.5, 0.6) is 0 Å². The van der Waals surface area contributed by atoms with Gasteiger partial charge in [-0.2, -0.15) is 0 Å². The van der Waals surface area contributed by atoms with Gasteiger partial charge in [0.1, 0.15) is 11.7 Å². The molecule has 1 aromatic carbocycles. The van der Waals surface area contributed by atoms with Gasteiger partial charge >= 0.3 is 5.97 Å². The van der Waals surface area contributed by atoms with Crippen molar-refractivity contribution >= 4 is 11.8 Å². The molecule has 0 radical (unpaired) electrons. The summed E-state index contributed by atoms with van der Waals surface area (Å²) in [5.41, 5.74) is 0.928. The van der Waals surface area contributed by atoms with Crippen molar-refractivity contribution in [1.82, 2.24) is 0 Å². The zero-order valence-corrected chi connectivity index (χ0v) is 9.85. The minimum atomic E-state index is -0.989. The molecule has 2 unspecified atom stereocenters. The van der Waals surface area contributed by atoms with Gasteiger partial charge in [0.15, 0.2) is 0 Å². The summed E-state index contributed by atoms with van der Waals surface area (Å²) >= 11 is 0. The summed E-state index contributed by atoms with van der Waals surface area (Å²) in [4.78, 5) is 22.6. The second-order valence-electron chi connectivity index (χ2n) is 4.99. The smallest absolute Gasteiger partial charge is 0.314 e. The monoisotopic (exact) mass is 232 g/mol. The first-order valence-corrected chi connectivity index (χ1v) is 5.84. The van der Waals surface area contributed by atoms with Gasteiger partial charge in [-0.25, -0.2) is 0 Å². The van der Waals surface area contributed by atoms with Gasteiger partial charge in [0.25, 0.3) is 0 Å². The highest BCUT2D eigenvalue weighted by Gasteiger charge is 2.41. The lowest BCUT2D eigenvalue weighted by molar-refractivity contribution is -0.148. The van der Waals surface area contributed by atoms with Gasteiger partial charge in [-0.1, -0.05) is 37.3 Å². The molecule has 1 N–H and O–H groups in total. The first kappa shape index (κ1) is 11.8. The quantitative estimate of drug-likeness (QED) is 0.796. The van der Waals surface area contributed by atoms with E-state index in [4.69, 9.17) is 5.11 Å². The molecular formula is C14H16O3. The number of aliphatic carboxylic acids is 1. The molecule has 1 aromatic rings.